The molecule has 1 aromatic rings. The highest BCUT2D eigenvalue weighted by Crippen LogP contribution is 2.33. The van der Waals surface area contributed by atoms with Crippen LogP contribution in [0.1, 0.15) is 37.3 Å². The number of β-amino-alcohol motifs (C(OH)–C–C–N with tert-alkyl or cyclic N) is 1. The molecule has 3 unspecified atom stereocenters. The molecule has 1 aliphatic carbocycles. The van der Waals surface area contributed by atoms with Gasteiger partial charge in [-0.15, -0.1) is 0 Å². The topological polar surface area (TPSA) is 51.2 Å². The van der Waals surface area contributed by atoms with Crippen LogP contribution in [0.15, 0.2) is 12.1 Å². The molecule has 2 aliphatic rings. The molecule has 1 N–H and O–H groups in total. The first-order chi connectivity index (χ1) is 12.1. The van der Waals surface area contributed by atoms with Gasteiger partial charge >= 0.3 is 0 Å². The summed E-state index contributed by atoms with van der Waals surface area (Å²) in [7, 11) is 3.33. The smallest absolute Gasteiger partial charge is 0.161 e. The SMILES string of the molecule is COc1cc2c(cc1OC)CN(CC(O)COC1CCCC1C)CC2. The van der Waals surface area contributed by atoms with E-state index in [1.807, 2.05) is 0 Å². The van der Waals surface area contributed by atoms with Crippen molar-refractivity contribution in [3.63, 3.8) is 0 Å². The largest absolute Gasteiger partial charge is 0.493 e. The monoisotopic (exact) mass is 349 g/mol. The van der Waals surface area contributed by atoms with Crippen molar-refractivity contribution in [3.05, 3.63) is 23.3 Å². The van der Waals surface area contributed by atoms with Crippen molar-refractivity contribution < 1.29 is 19.3 Å². The molecular formula is C20H31NO4. The van der Waals surface area contributed by atoms with Gasteiger partial charge < -0.3 is 19.3 Å². The van der Waals surface area contributed by atoms with Crippen LogP contribution in [0.2, 0.25) is 0 Å². The Hall–Kier alpha value is -1.30. The summed E-state index contributed by atoms with van der Waals surface area (Å²) < 4.78 is 16.7. The van der Waals surface area contributed by atoms with Crippen LogP contribution in [0.25, 0.3) is 0 Å². The Bertz CT molecular complexity index is 577. The summed E-state index contributed by atoms with van der Waals surface area (Å²) in [6.45, 7) is 5.10. The van der Waals surface area contributed by atoms with Crippen LogP contribution < -0.4 is 9.47 Å². The molecule has 5 nitrogen and oxygen atoms in total. The molecule has 1 heterocycles. The third-order valence-corrected chi connectivity index (χ3v) is 5.55. The van der Waals surface area contributed by atoms with Gasteiger partial charge in [0.2, 0.25) is 0 Å². The summed E-state index contributed by atoms with van der Waals surface area (Å²) in [6.07, 6.45) is 4.48. The number of benzene rings is 1. The van der Waals surface area contributed by atoms with E-state index in [0.29, 0.717) is 25.2 Å². The molecule has 0 bridgehead atoms. The number of aliphatic hydroxyl groups excluding tert-OH is 1. The number of nitrogens with zero attached hydrogens (tertiary/aromatic N) is 1. The zero-order chi connectivity index (χ0) is 17.8. The molecule has 0 amide bonds. The van der Waals surface area contributed by atoms with E-state index in [0.717, 1.165) is 37.4 Å². The molecule has 0 saturated heterocycles. The van der Waals surface area contributed by atoms with Crippen molar-refractivity contribution in [1.82, 2.24) is 4.90 Å². The Labute approximate surface area is 150 Å². The van der Waals surface area contributed by atoms with Gasteiger partial charge in [0, 0.05) is 19.6 Å². The second kappa shape index (κ2) is 8.39. The number of hydrogen-bond acceptors (Lipinski definition) is 5. The van der Waals surface area contributed by atoms with Crippen LogP contribution in [0.4, 0.5) is 0 Å². The van der Waals surface area contributed by atoms with Crippen molar-refractivity contribution in [3.8, 4) is 11.5 Å². The molecule has 1 aliphatic heterocycles. The molecule has 0 spiro atoms. The van der Waals surface area contributed by atoms with E-state index in [1.54, 1.807) is 14.2 Å². The maximum absolute atomic E-state index is 10.4. The number of hydrogen-bond donors (Lipinski definition) is 1. The van der Waals surface area contributed by atoms with E-state index in [2.05, 4.69) is 24.0 Å². The number of ether oxygens (including phenoxy) is 3. The molecule has 25 heavy (non-hydrogen) atoms. The first-order valence-corrected chi connectivity index (χ1v) is 9.36. The van der Waals surface area contributed by atoms with Crippen LogP contribution in [-0.2, 0) is 17.7 Å². The lowest BCUT2D eigenvalue weighted by molar-refractivity contribution is -0.0329. The Kier molecular flexibility index (Phi) is 6.20. The summed E-state index contributed by atoms with van der Waals surface area (Å²) >= 11 is 0. The van der Waals surface area contributed by atoms with E-state index in [4.69, 9.17) is 14.2 Å². The maximum atomic E-state index is 10.4. The highest BCUT2D eigenvalue weighted by atomic mass is 16.5. The summed E-state index contributed by atoms with van der Waals surface area (Å²) in [4.78, 5) is 2.29. The third kappa shape index (κ3) is 4.46. The Morgan fingerprint density at radius 3 is 2.52 bits per heavy atom. The molecule has 1 aromatic carbocycles. The van der Waals surface area contributed by atoms with E-state index < -0.39 is 6.10 Å². The molecule has 3 atom stereocenters. The fourth-order valence-electron chi connectivity index (χ4n) is 4.04. The van der Waals surface area contributed by atoms with Gasteiger partial charge in [0.25, 0.3) is 0 Å². The van der Waals surface area contributed by atoms with Crippen molar-refractivity contribution in [2.45, 2.75) is 51.4 Å². The Morgan fingerprint density at radius 2 is 1.88 bits per heavy atom. The first kappa shape index (κ1) is 18.5. The summed E-state index contributed by atoms with van der Waals surface area (Å²) in [5, 5.41) is 10.4. The number of methoxy groups -OCH3 is 2. The molecule has 0 aromatic heterocycles. The highest BCUT2D eigenvalue weighted by Gasteiger charge is 2.26. The van der Waals surface area contributed by atoms with Crippen LogP contribution in [0.5, 0.6) is 11.5 Å². The van der Waals surface area contributed by atoms with Crippen molar-refractivity contribution in [2.75, 3.05) is 33.9 Å². The normalized spacial score (nSPS) is 24.8. The average Bonchev–Trinajstić information content (AvgIpc) is 3.03. The molecule has 5 heteroatoms. The average molecular weight is 349 g/mol. The van der Waals surface area contributed by atoms with Gasteiger partial charge in [-0.05, 0) is 48.4 Å². The van der Waals surface area contributed by atoms with Crippen LogP contribution in [0.3, 0.4) is 0 Å². The van der Waals surface area contributed by atoms with Gasteiger partial charge in [-0.3, -0.25) is 4.90 Å². The fourth-order valence-corrected chi connectivity index (χ4v) is 4.04. The summed E-state index contributed by atoms with van der Waals surface area (Å²) in [5.74, 6) is 2.17. The van der Waals surface area contributed by atoms with Crippen molar-refractivity contribution in [2.24, 2.45) is 5.92 Å². The zero-order valence-corrected chi connectivity index (χ0v) is 15.7. The fraction of sp³-hybridized carbons (Fsp3) is 0.700. The van der Waals surface area contributed by atoms with E-state index in [9.17, 15) is 5.11 Å². The molecule has 0 radical (unpaired) electrons. The van der Waals surface area contributed by atoms with Gasteiger partial charge in [-0.25, -0.2) is 0 Å². The quantitative estimate of drug-likeness (QED) is 0.820. The van der Waals surface area contributed by atoms with Gasteiger partial charge in [-0.2, -0.15) is 0 Å². The highest BCUT2D eigenvalue weighted by molar-refractivity contribution is 5.48. The summed E-state index contributed by atoms with van der Waals surface area (Å²) in [5.41, 5.74) is 2.56. The standard InChI is InChI=1S/C20H31NO4/c1-14-5-4-6-18(14)25-13-17(22)12-21-8-7-15-9-19(23-2)20(24-3)10-16(15)11-21/h9-10,14,17-18,22H,4-8,11-13H2,1-3H3. The molecule has 3 rings (SSSR count). The minimum absolute atomic E-state index is 0.327. The molecule has 140 valence electrons. The minimum atomic E-state index is -0.436. The van der Waals surface area contributed by atoms with Gasteiger partial charge in [-0.1, -0.05) is 13.3 Å². The lowest BCUT2D eigenvalue weighted by Crippen LogP contribution is -2.39. The Morgan fingerprint density at radius 1 is 1.16 bits per heavy atom. The number of fused-ring (bicyclic) bond motifs is 1. The lowest BCUT2D eigenvalue weighted by Gasteiger charge is -2.31. The molecular weight excluding hydrogens is 318 g/mol. The number of aliphatic hydroxyl groups is 1. The second-order valence-electron chi connectivity index (χ2n) is 7.39. The van der Waals surface area contributed by atoms with Crippen molar-refractivity contribution >= 4 is 0 Å². The van der Waals surface area contributed by atoms with E-state index in [1.165, 1.54) is 24.0 Å². The predicted molar refractivity (Wildman–Crippen MR) is 97.3 cm³/mol. The zero-order valence-electron chi connectivity index (χ0n) is 15.7. The molecule has 1 saturated carbocycles. The Balaban J connectivity index is 1.53. The minimum Gasteiger partial charge on any atom is -0.493 e. The van der Waals surface area contributed by atoms with Crippen LogP contribution >= 0.6 is 0 Å². The van der Waals surface area contributed by atoms with E-state index >= 15 is 0 Å². The molecule has 1 fully saturated rings. The van der Waals surface area contributed by atoms with Gasteiger partial charge in [0.1, 0.15) is 0 Å². The third-order valence-electron chi connectivity index (χ3n) is 5.55. The van der Waals surface area contributed by atoms with Gasteiger partial charge in [0.05, 0.1) is 33.0 Å². The van der Waals surface area contributed by atoms with Gasteiger partial charge in [0.15, 0.2) is 11.5 Å². The lowest BCUT2D eigenvalue weighted by atomic mass is 9.98. The van der Waals surface area contributed by atoms with Crippen LogP contribution in [-0.4, -0.2) is 56.1 Å². The van der Waals surface area contributed by atoms with E-state index in [-0.39, 0.29) is 0 Å². The number of rotatable bonds is 7. The maximum Gasteiger partial charge on any atom is 0.161 e. The van der Waals surface area contributed by atoms with Crippen LogP contribution in [0, 0.1) is 5.92 Å². The summed E-state index contributed by atoms with van der Waals surface area (Å²) in [6, 6.07) is 4.13. The first-order valence-electron chi connectivity index (χ1n) is 9.36. The van der Waals surface area contributed by atoms with Crippen molar-refractivity contribution in [1.29, 1.82) is 0 Å². The predicted octanol–water partition coefficient (Wildman–Crippen LogP) is 2.63. The second-order valence-corrected chi connectivity index (χ2v) is 7.39.